The van der Waals surface area contributed by atoms with Gasteiger partial charge in [0.1, 0.15) is 5.75 Å². The lowest BCUT2D eigenvalue weighted by Gasteiger charge is -2.10. The maximum Gasteiger partial charge on any atom is 0.346 e. The molecule has 4 rings (SSSR count). The zero-order valence-electron chi connectivity index (χ0n) is 17.1. The Morgan fingerprint density at radius 2 is 2.00 bits per heavy atom. The monoisotopic (exact) mass is 407 g/mol. The van der Waals surface area contributed by atoms with Gasteiger partial charge < -0.3 is 10.1 Å². The molecule has 1 amide bonds. The van der Waals surface area contributed by atoms with Crippen LogP contribution in [-0.2, 0) is 6.54 Å². The SMILES string of the molecule is CC(C)Oc1ccc(C(=O)NCCn2nc(-c3cccnc3)n(C3CC3)c2=O)cc1. The van der Waals surface area contributed by atoms with E-state index in [0.29, 0.717) is 24.5 Å². The Labute approximate surface area is 174 Å². The number of aromatic nitrogens is 4. The number of carbonyl (C=O) groups is 1. The van der Waals surface area contributed by atoms with Crippen molar-refractivity contribution in [1.82, 2.24) is 24.6 Å². The Bertz CT molecular complexity index is 1070. The Hall–Kier alpha value is -3.42. The van der Waals surface area contributed by atoms with Crippen LogP contribution >= 0.6 is 0 Å². The minimum Gasteiger partial charge on any atom is -0.491 e. The van der Waals surface area contributed by atoms with E-state index in [1.54, 1.807) is 41.2 Å². The molecule has 8 nitrogen and oxygen atoms in total. The maximum absolute atomic E-state index is 12.8. The van der Waals surface area contributed by atoms with Gasteiger partial charge >= 0.3 is 5.69 Å². The van der Waals surface area contributed by atoms with Crippen LogP contribution in [0.25, 0.3) is 11.4 Å². The van der Waals surface area contributed by atoms with Crippen LogP contribution < -0.4 is 15.7 Å². The maximum atomic E-state index is 12.8. The molecule has 0 saturated heterocycles. The summed E-state index contributed by atoms with van der Waals surface area (Å²) in [4.78, 5) is 29.4. The summed E-state index contributed by atoms with van der Waals surface area (Å²) in [7, 11) is 0. The topological polar surface area (TPSA) is 91.0 Å². The number of pyridine rings is 1. The molecule has 0 atom stereocenters. The fourth-order valence-electron chi connectivity index (χ4n) is 3.25. The summed E-state index contributed by atoms with van der Waals surface area (Å²) in [6.45, 7) is 4.50. The van der Waals surface area contributed by atoms with Crippen molar-refractivity contribution >= 4 is 5.91 Å². The highest BCUT2D eigenvalue weighted by Crippen LogP contribution is 2.36. The van der Waals surface area contributed by atoms with E-state index in [0.717, 1.165) is 24.2 Å². The second-order valence-corrected chi connectivity index (χ2v) is 7.62. The number of nitrogens with one attached hydrogen (secondary N) is 1. The Kier molecular flexibility index (Phi) is 5.65. The average Bonchev–Trinajstić information content (AvgIpc) is 3.52. The van der Waals surface area contributed by atoms with Crippen molar-refractivity contribution < 1.29 is 9.53 Å². The summed E-state index contributed by atoms with van der Waals surface area (Å²) in [6.07, 6.45) is 5.43. The number of rotatable bonds is 8. The van der Waals surface area contributed by atoms with Gasteiger partial charge in [-0.05, 0) is 63.1 Å². The van der Waals surface area contributed by atoms with Crippen LogP contribution in [0.4, 0.5) is 0 Å². The molecule has 1 N–H and O–H groups in total. The van der Waals surface area contributed by atoms with Gasteiger partial charge in [-0.25, -0.2) is 9.48 Å². The van der Waals surface area contributed by atoms with Crippen LogP contribution in [0.15, 0.2) is 53.6 Å². The van der Waals surface area contributed by atoms with Crippen LogP contribution in [0.1, 0.15) is 43.1 Å². The fraction of sp³-hybridized carbons (Fsp3) is 0.364. The van der Waals surface area contributed by atoms with E-state index in [9.17, 15) is 9.59 Å². The van der Waals surface area contributed by atoms with E-state index in [4.69, 9.17) is 4.74 Å². The molecule has 0 spiro atoms. The van der Waals surface area contributed by atoms with Crippen molar-refractivity contribution in [3.8, 4) is 17.1 Å². The quantitative estimate of drug-likeness (QED) is 0.620. The molecular weight excluding hydrogens is 382 g/mol. The first kappa shape index (κ1) is 19.9. The molecule has 1 aromatic carbocycles. The predicted molar refractivity (Wildman–Crippen MR) is 113 cm³/mol. The van der Waals surface area contributed by atoms with Crippen molar-refractivity contribution in [2.24, 2.45) is 0 Å². The van der Waals surface area contributed by atoms with Gasteiger partial charge in [-0.2, -0.15) is 0 Å². The van der Waals surface area contributed by atoms with Crippen LogP contribution in [0.3, 0.4) is 0 Å². The van der Waals surface area contributed by atoms with Gasteiger partial charge in [0, 0.05) is 36.1 Å². The molecule has 1 aliphatic rings. The van der Waals surface area contributed by atoms with E-state index in [-0.39, 0.29) is 23.7 Å². The van der Waals surface area contributed by atoms with Crippen LogP contribution in [0, 0.1) is 0 Å². The summed E-state index contributed by atoms with van der Waals surface area (Å²) in [5, 5.41) is 7.36. The number of amides is 1. The zero-order chi connectivity index (χ0) is 21.1. The molecule has 0 aliphatic heterocycles. The minimum atomic E-state index is -0.201. The summed E-state index contributed by atoms with van der Waals surface area (Å²) in [5.41, 5.74) is 1.20. The largest absolute Gasteiger partial charge is 0.491 e. The van der Waals surface area contributed by atoms with Gasteiger partial charge in [0.15, 0.2) is 5.82 Å². The molecule has 8 heteroatoms. The lowest BCUT2D eigenvalue weighted by molar-refractivity contribution is 0.0951. The molecule has 156 valence electrons. The smallest absolute Gasteiger partial charge is 0.346 e. The number of hydrogen-bond donors (Lipinski definition) is 1. The van der Waals surface area contributed by atoms with Crippen molar-refractivity contribution in [3.63, 3.8) is 0 Å². The van der Waals surface area contributed by atoms with Crippen LogP contribution in [0.5, 0.6) is 5.75 Å². The third-order valence-electron chi connectivity index (χ3n) is 4.80. The average molecular weight is 407 g/mol. The molecular formula is C22H25N5O3. The van der Waals surface area contributed by atoms with E-state index < -0.39 is 0 Å². The molecule has 1 saturated carbocycles. The molecule has 2 aromatic heterocycles. The third-order valence-corrected chi connectivity index (χ3v) is 4.80. The normalized spacial score (nSPS) is 13.4. The summed E-state index contributed by atoms with van der Waals surface area (Å²) >= 11 is 0. The minimum absolute atomic E-state index is 0.0787. The number of carbonyl (C=O) groups excluding carboxylic acids is 1. The van der Waals surface area contributed by atoms with Gasteiger partial charge in [0.2, 0.25) is 0 Å². The number of ether oxygens (including phenoxy) is 1. The number of benzene rings is 1. The molecule has 0 radical (unpaired) electrons. The summed E-state index contributed by atoms with van der Waals surface area (Å²) in [6, 6.07) is 10.9. The van der Waals surface area contributed by atoms with E-state index in [1.165, 1.54) is 4.68 Å². The Morgan fingerprint density at radius 3 is 2.63 bits per heavy atom. The van der Waals surface area contributed by atoms with Gasteiger partial charge in [0.25, 0.3) is 5.91 Å². The van der Waals surface area contributed by atoms with Crippen molar-refractivity contribution in [3.05, 3.63) is 64.8 Å². The highest BCUT2D eigenvalue weighted by Gasteiger charge is 2.30. The van der Waals surface area contributed by atoms with Gasteiger partial charge in [0.05, 0.1) is 12.6 Å². The Balaban J connectivity index is 1.42. The first-order valence-electron chi connectivity index (χ1n) is 10.2. The van der Waals surface area contributed by atoms with Crippen molar-refractivity contribution in [2.75, 3.05) is 6.54 Å². The zero-order valence-corrected chi connectivity index (χ0v) is 17.1. The summed E-state index contributed by atoms with van der Waals surface area (Å²) in [5.74, 6) is 1.15. The molecule has 30 heavy (non-hydrogen) atoms. The molecule has 2 heterocycles. The van der Waals surface area contributed by atoms with Crippen molar-refractivity contribution in [2.45, 2.75) is 45.4 Å². The van der Waals surface area contributed by atoms with E-state index in [2.05, 4.69) is 15.4 Å². The third kappa shape index (κ3) is 4.42. The lowest BCUT2D eigenvalue weighted by Crippen LogP contribution is -2.32. The fourth-order valence-corrected chi connectivity index (χ4v) is 3.25. The van der Waals surface area contributed by atoms with Gasteiger partial charge in [-0.15, -0.1) is 5.10 Å². The van der Waals surface area contributed by atoms with Gasteiger partial charge in [-0.1, -0.05) is 0 Å². The second-order valence-electron chi connectivity index (χ2n) is 7.62. The Morgan fingerprint density at radius 1 is 1.23 bits per heavy atom. The molecule has 1 aliphatic carbocycles. The lowest BCUT2D eigenvalue weighted by atomic mass is 10.2. The van der Waals surface area contributed by atoms with Crippen LogP contribution in [0.2, 0.25) is 0 Å². The van der Waals surface area contributed by atoms with E-state index in [1.807, 2.05) is 26.0 Å². The van der Waals surface area contributed by atoms with E-state index >= 15 is 0 Å². The predicted octanol–water partition coefficient (Wildman–Crippen LogP) is 2.66. The first-order valence-corrected chi connectivity index (χ1v) is 10.2. The highest BCUT2D eigenvalue weighted by molar-refractivity contribution is 5.94. The molecule has 0 unspecified atom stereocenters. The number of nitrogens with zero attached hydrogens (tertiary/aromatic N) is 4. The molecule has 1 fully saturated rings. The van der Waals surface area contributed by atoms with Gasteiger partial charge in [-0.3, -0.25) is 14.3 Å². The molecule has 3 aromatic rings. The summed E-state index contributed by atoms with van der Waals surface area (Å²) < 4.78 is 8.75. The van der Waals surface area contributed by atoms with Crippen LogP contribution in [-0.4, -0.2) is 37.9 Å². The highest BCUT2D eigenvalue weighted by atomic mass is 16.5. The first-order chi connectivity index (χ1) is 14.5. The standard InChI is InChI=1S/C22H25N5O3/c1-15(2)30-19-9-5-16(6-10-19)21(28)24-12-13-26-22(29)27(18-7-8-18)20(25-26)17-4-3-11-23-14-17/h3-6,9-11,14-15,18H,7-8,12-13H2,1-2H3,(H,24,28). The molecule has 0 bridgehead atoms. The number of hydrogen-bond acceptors (Lipinski definition) is 5. The second kappa shape index (κ2) is 8.52. The van der Waals surface area contributed by atoms with Crippen molar-refractivity contribution in [1.29, 1.82) is 0 Å².